The minimum atomic E-state index is -0.500. The SMILES string of the molecule is CC[C@]1(C)OC(=O)N2CCc3c([nH]c4ccccc34)[C@@]21C. The number of amides is 1. The van der Waals surface area contributed by atoms with Crippen LogP contribution in [-0.4, -0.2) is 28.1 Å². The van der Waals surface area contributed by atoms with Crippen molar-refractivity contribution in [2.75, 3.05) is 6.54 Å². The van der Waals surface area contributed by atoms with Crippen LogP contribution in [-0.2, 0) is 16.7 Å². The first-order chi connectivity index (χ1) is 10.0. The third-order valence-electron chi connectivity index (χ3n) is 5.66. The van der Waals surface area contributed by atoms with E-state index in [1.165, 1.54) is 10.9 Å². The molecular weight excluding hydrogens is 264 g/mol. The maximum Gasteiger partial charge on any atom is 0.411 e. The molecule has 2 aliphatic heterocycles. The van der Waals surface area contributed by atoms with Gasteiger partial charge in [0.15, 0.2) is 0 Å². The first kappa shape index (κ1) is 12.7. The van der Waals surface area contributed by atoms with E-state index < -0.39 is 11.1 Å². The number of aromatic nitrogens is 1. The van der Waals surface area contributed by atoms with Crippen molar-refractivity contribution in [2.24, 2.45) is 0 Å². The van der Waals surface area contributed by atoms with Crippen LogP contribution in [0.2, 0.25) is 0 Å². The van der Waals surface area contributed by atoms with E-state index in [0.29, 0.717) is 0 Å². The molecule has 0 bridgehead atoms. The zero-order valence-electron chi connectivity index (χ0n) is 12.7. The Morgan fingerprint density at radius 1 is 1.33 bits per heavy atom. The van der Waals surface area contributed by atoms with Crippen molar-refractivity contribution in [3.63, 3.8) is 0 Å². The van der Waals surface area contributed by atoms with Crippen molar-refractivity contribution in [2.45, 2.75) is 44.8 Å². The van der Waals surface area contributed by atoms with E-state index in [0.717, 1.165) is 30.6 Å². The molecule has 1 aromatic heterocycles. The summed E-state index contributed by atoms with van der Waals surface area (Å²) in [5.74, 6) is 0. The second-order valence-electron chi connectivity index (χ2n) is 6.45. The number of hydrogen-bond donors (Lipinski definition) is 1. The van der Waals surface area contributed by atoms with Gasteiger partial charge in [-0.05, 0) is 38.3 Å². The van der Waals surface area contributed by atoms with Gasteiger partial charge in [-0.2, -0.15) is 0 Å². The number of nitrogens with zero attached hydrogens (tertiary/aromatic N) is 1. The molecule has 0 saturated carbocycles. The number of ether oxygens (including phenoxy) is 1. The quantitative estimate of drug-likeness (QED) is 0.870. The van der Waals surface area contributed by atoms with Crippen LogP contribution in [0.4, 0.5) is 4.79 Å². The summed E-state index contributed by atoms with van der Waals surface area (Å²) in [5, 5.41) is 1.27. The molecule has 1 saturated heterocycles. The highest BCUT2D eigenvalue weighted by Crippen LogP contribution is 2.52. The Kier molecular flexibility index (Phi) is 2.31. The van der Waals surface area contributed by atoms with Crippen LogP contribution in [0.1, 0.15) is 38.4 Å². The Morgan fingerprint density at radius 3 is 2.86 bits per heavy atom. The minimum Gasteiger partial charge on any atom is -0.440 e. The lowest BCUT2D eigenvalue weighted by molar-refractivity contribution is -0.00297. The summed E-state index contributed by atoms with van der Waals surface area (Å²) < 4.78 is 5.77. The largest absolute Gasteiger partial charge is 0.440 e. The maximum atomic E-state index is 12.3. The highest BCUT2D eigenvalue weighted by Gasteiger charge is 2.62. The van der Waals surface area contributed by atoms with E-state index >= 15 is 0 Å². The standard InChI is InChI=1S/C17H20N2O2/c1-4-16(2)17(3)14-12(9-10-19(17)15(20)21-16)11-7-5-6-8-13(11)18-14/h5-8,18H,4,9-10H2,1-3H3/t16-,17+/m0/s1. The Labute approximate surface area is 124 Å². The summed E-state index contributed by atoms with van der Waals surface area (Å²) in [4.78, 5) is 17.8. The van der Waals surface area contributed by atoms with Gasteiger partial charge in [0.2, 0.25) is 0 Å². The molecule has 3 heterocycles. The fourth-order valence-corrected chi connectivity index (χ4v) is 4.04. The van der Waals surface area contributed by atoms with Gasteiger partial charge < -0.3 is 9.72 Å². The van der Waals surface area contributed by atoms with Crippen molar-refractivity contribution in [3.8, 4) is 0 Å². The lowest BCUT2D eigenvalue weighted by Crippen LogP contribution is -2.55. The molecule has 1 N–H and O–H groups in total. The van der Waals surface area contributed by atoms with Gasteiger partial charge in [-0.15, -0.1) is 0 Å². The number of aromatic amines is 1. The molecule has 1 amide bonds. The maximum absolute atomic E-state index is 12.3. The van der Waals surface area contributed by atoms with Crippen LogP contribution in [0.3, 0.4) is 0 Å². The molecule has 110 valence electrons. The number of carbonyl (C=O) groups is 1. The number of benzene rings is 1. The Bertz CT molecular complexity index is 750. The topological polar surface area (TPSA) is 45.3 Å². The molecule has 2 aromatic rings. The fraction of sp³-hybridized carbons (Fsp3) is 0.471. The first-order valence-corrected chi connectivity index (χ1v) is 7.62. The molecule has 0 radical (unpaired) electrons. The average Bonchev–Trinajstić information content (AvgIpc) is 2.95. The minimum absolute atomic E-state index is 0.189. The monoisotopic (exact) mass is 284 g/mol. The van der Waals surface area contributed by atoms with Crippen LogP contribution in [0.25, 0.3) is 10.9 Å². The summed E-state index contributed by atoms with van der Waals surface area (Å²) in [5.41, 5.74) is 2.70. The van der Waals surface area contributed by atoms with Crippen LogP contribution in [0, 0.1) is 0 Å². The Hall–Kier alpha value is -1.97. The fourth-order valence-electron chi connectivity index (χ4n) is 4.04. The van der Waals surface area contributed by atoms with E-state index in [-0.39, 0.29) is 6.09 Å². The molecule has 4 rings (SSSR count). The molecule has 4 nitrogen and oxygen atoms in total. The summed E-state index contributed by atoms with van der Waals surface area (Å²) in [7, 11) is 0. The van der Waals surface area contributed by atoms with Gasteiger partial charge in [0.05, 0.1) is 0 Å². The summed E-state index contributed by atoms with van der Waals surface area (Å²) in [6.07, 6.45) is 1.48. The predicted molar refractivity (Wildman–Crippen MR) is 81.2 cm³/mol. The second-order valence-corrected chi connectivity index (χ2v) is 6.45. The Morgan fingerprint density at radius 2 is 2.10 bits per heavy atom. The molecule has 2 atom stereocenters. The van der Waals surface area contributed by atoms with Gasteiger partial charge in [-0.25, -0.2) is 4.79 Å². The van der Waals surface area contributed by atoms with E-state index in [4.69, 9.17) is 4.74 Å². The van der Waals surface area contributed by atoms with E-state index in [1.807, 2.05) is 17.9 Å². The number of carbonyl (C=O) groups excluding carboxylic acids is 1. The normalized spacial score (nSPS) is 31.2. The molecule has 0 spiro atoms. The van der Waals surface area contributed by atoms with Gasteiger partial charge in [-0.1, -0.05) is 25.1 Å². The first-order valence-electron chi connectivity index (χ1n) is 7.62. The van der Waals surface area contributed by atoms with Gasteiger partial charge in [0, 0.05) is 23.1 Å². The summed E-state index contributed by atoms with van der Waals surface area (Å²) in [6.45, 7) is 6.99. The number of cyclic esters (lactones) is 1. The van der Waals surface area contributed by atoms with Crippen molar-refractivity contribution in [1.29, 1.82) is 0 Å². The van der Waals surface area contributed by atoms with Gasteiger partial charge in [-0.3, -0.25) is 4.90 Å². The zero-order valence-corrected chi connectivity index (χ0v) is 12.7. The number of nitrogens with one attached hydrogen (secondary N) is 1. The number of rotatable bonds is 1. The third kappa shape index (κ3) is 1.33. The molecule has 0 unspecified atom stereocenters. The van der Waals surface area contributed by atoms with Gasteiger partial charge in [0.25, 0.3) is 0 Å². The zero-order chi connectivity index (χ0) is 14.8. The number of hydrogen-bond acceptors (Lipinski definition) is 2. The second kappa shape index (κ2) is 3.81. The van der Waals surface area contributed by atoms with E-state index in [2.05, 4.69) is 37.0 Å². The molecule has 4 heteroatoms. The van der Waals surface area contributed by atoms with Crippen LogP contribution in [0.5, 0.6) is 0 Å². The smallest absolute Gasteiger partial charge is 0.411 e. The van der Waals surface area contributed by atoms with Crippen LogP contribution >= 0.6 is 0 Å². The van der Waals surface area contributed by atoms with E-state index in [1.54, 1.807) is 0 Å². The molecule has 1 aromatic carbocycles. The number of H-pyrrole nitrogens is 1. The number of fused-ring (bicyclic) bond motifs is 5. The summed E-state index contributed by atoms with van der Waals surface area (Å²) >= 11 is 0. The highest BCUT2D eigenvalue weighted by molar-refractivity contribution is 5.86. The number of para-hydroxylation sites is 1. The van der Waals surface area contributed by atoms with E-state index in [9.17, 15) is 4.79 Å². The Balaban J connectivity index is 2.03. The molecule has 1 fully saturated rings. The molecule has 21 heavy (non-hydrogen) atoms. The van der Waals surface area contributed by atoms with Gasteiger partial charge in [0.1, 0.15) is 11.1 Å². The average molecular weight is 284 g/mol. The van der Waals surface area contributed by atoms with Crippen molar-refractivity contribution < 1.29 is 9.53 Å². The lowest BCUT2D eigenvalue weighted by Gasteiger charge is -2.44. The predicted octanol–water partition coefficient (Wildman–Crippen LogP) is 3.56. The molecule has 2 aliphatic rings. The van der Waals surface area contributed by atoms with Gasteiger partial charge >= 0.3 is 6.09 Å². The molecule has 0 aliphatic carbocycles. The van der Waals surface area contributed by atoms with Crippen molar-refractivity contribution in [3.05, 3.63) is 35.5 Å². The highest BCUT2D eigenvalue weighted by atomic mass is 16.6. The lowest BCUT2D eigenvalue weighted by atomic mass is 9.74. The van der Waals surface area contributed by atoms with Crippen LogP contribution < -0.4 is 0 Å². The molecular formula is C17H20N2O2. The third-order valence-corrected chi connectivity index (χ3v) is 5.66. The van der Waals surface area contributed by atoms with Crippen molar-refractivity contribution in [1.82, 2.24) is 9.88 Å². The van der Waals surface area contributed by atoms with Crippen molar-refractivity contribution >= 4 is 17.0 Å². The summed E-state index contributed by atoms with van der Waals surface area (Å²) in [6, 6.07) is 8.37. The van der Waals surface area contributed by atoms with Crippen LogP contribution in [0.15, 0.2) is 24.3 Å².